The monoisotopic (exact) mass is 283 g/mol. The number of benzene rings is 2. The van der Waals surface area contributed by atoms with Crippen molar-refractivity contribution in [3.8, 4) is 0 Å². The van der Waals surface area contributed by atoms with E-state index in [1.165, 1.54) is 0 Å². The van der Waals surface area contributed by atoms with Crippen LogP contribution in [0.1, 0.15) is 33.1 Å². The van der Waals surface area contributed by atoms with E-state index in [1.807, 2.05) is 24.3 Å². The zero-order valence-corrected chi connectivity index (χ0v) is 11.5. The minimum absolute atomic E-state index is 0.0450. The van der Waals surface area contributed by atoms with Gasteiger partial charge in [0.05, 0.1) is 18.8 Å². The molecule has 0 bridgehead atoms. The zero-order valence-electron chi connectivity index (χ0n) is 11.5. The van der Waals surface area contributed by atoms with Crippen molar-refractivity contribution in [2.24, 2.45) is 0 Å². The topological polar surface area (TPSA) is 69.6 Å². The molecule has 1 aliphatic carbocycles. The Balaban J connectivity index is 1.78. The Kier molecular flexibility index (Phi) is 3.73. The highest BCUT2D eigenvalue weighted by Crippen LogP contribution is 2.31. The van der Waals surface area contributed by atoms with E-state index in [1.54, 1.807) is 24.3 Å². The smallest absolute Gasteiger partial charge is 0.251 e. The summed E-state index contributed by atoms with van der Waals surface area (Å²) in [5, 5.41) is 22.0. The van der Waals surface area contributed by atoms with Gasteiger partial charge in [-0.25, -0.2) is 0 Å². The molecule has 2 atom stereocenters. The summed E-state index contributed by atoms with van der Waals surface area (Å²) in [6, 6.07) is 14.2. The molecular weight excluding hydrogens is 266 g/mol. The summed E-state index contributed by atoms with van der Waals surface area (Å²) in [5.74, 6) is -0.222. The fourth-order valence-corrected chi connectivity index (χ4v) is 2.73. The van der Waals surface area contributed by atoms with Crippen molar-refractivity contribution in [1.82, 2.24) is 5.32 Å². The molecule has 3 rings (SSSR count). The molecule has 0 aliphatic heterocycles. The first kappa shape index (κ1) is 13.8. The molecule has 0 fully saturated rings. The molecule has 0 unspecified atom stereocenters. The molecular formula is C17H17NO3. The number of amides is 1. The normalized spacial score (nSPS) is 20.1. The van der Waals surface area contributed by atoms with E-state index in [-0.39, 0.29) is 18.6 Å². The van der Waals surface area contributed by atoms with Crippen molar-refractivity contribution in [1.29, 1.82) is 0 Å². The van der Waals surface area contributed by atoms with Crippen molar-refractivity contribution in [3.63, 3.8) is 0 Å². The van der Waals surface area contributed by atoms with Gasteiger partial charge in [-0.3, -0.25) is 4.79 Å². The number of hydrogen-bond donors (Lipinski definition) is 3. The Morgan fingerprint density at radius 3 is 2.57 bits per heavy atom. The third kappa shape index (κ3) is 2.68. The first-order valence-electron chi connectivity index (χ1n) is 6.95. The van der Waals surface area contributed by atoms with E-state index in [9.17, 15) is 9.90 Å². The highest BCUT2D eigenvalue weighted by atomic mass is 16.3. The molecule has 2 aromatic rings. The molecule has 1 aliphatic rings. The van der Waals surface area contributed by atoms with Crippen LogP contribution in [0.4, 0.5) is 0 Å². The highest BCUT2D eigenvalue weighted by Gasteiger charge is 2.31. The SMILES string of the molecule is O=C(N[C@H]1c2ccccc2C[C@H]1O)c1ccc(CO)cc1. The van der Waals surface area contributed by atoms with Crippen LogP contribution in [0.15, 0.2) is 48.5 Å². The fraction of sp³-hybridized carbons (Fsp3) is 0.235. The van der Waals surface area contributed by atoms with Crippen LogP contribution in [-0.2, 0) is 13.0 Å². The Labute approximate surface area is 123 Å². The van der Waals surface area contributed by atoms with Crippen molar-refractivity contribution in [2.75, 3.05) is 0 Å². The van der Waals surface area contributed by atoms with Gasteiger partial charge in [0.15, 0.2) is 0 Å². The van der Waals surface area contributed by atoms with Gasteiger partial charge in [-0.15, -0.1) is 0 Å². The maximum absolute atomic E-state index is 12.3. The zero-order chi connectivity index (χ0) is 14.8. The van der Waals surface area contributed by atoms with E-state index >= 15 is 0 Å². The largest absolute Gasteiger partial charge is 0.392 e. The maximum atomic E-state index is 12.3. The van der Waals surface area contributed by atoms with Crippen LogP contribution in [-0.4, -0.2) is 22.2 Å². The lowest BCUT2D eigenvalue weighted by Gasteiger charge is -2.18. The molecule has 3 N–H and O–H groups in total. The summed E-state index contributed by atoms with van der Waals surface area (Å²) in [7, 11) is 0. The molecule has 0 heterocycles. The van der Waals surface area contributed by atoms with Gasteiger partial charge in [-0.05, 0) is 28.8 Å². The van der Waals surface area contributed by atoms with Crippen LogP contribution >= 0.6 is 0 Å². The van der Waals surface area contributed by atoms with Crippen molar-refractivity contribution in [3.05, 3.63) is 70.8 Å². The Morgan fingerprint density at radius 2 is 1.86 bits per heavy atom. The molecule has 0 spiro atoms. The molecule has 4 heteroatoms. The average Bonchev–Trinajstić information content (AvgIpc) is 2.83. The summed E-state index contributed by atoms with van der Waals surface area (Å²) in [6.45, 7) is -0.0450. The lowest BCUT2D eigenvalue weighted by Crippen LogP contribution is -2.33. The molecule has 1 amide bonds. The molecule has 21 heavy (non-hydrogen) atoms. The molecule has 2 aromatic carbocycles. The van der Waals surface area contributed by atoms with Crippen LogP contribution in [0.5, 0.6) is 0 Å². The number of carbonyl (C=O) groups is 1. The molecule has 108 valence electrons. The number of fused-ring (bicyclic) bond motifs is 1. The Hall–Kier alpha value is -2.17. The molecule has 0 saturated heterocycles. The van der Waals surface area contributed by atoms with Crippen LogP contribution in [0.25, 0.3) is 0 Å². The first-order chi connectivity index (χ1) is 10.2. The molecule has 0 radical (unpaired) electrons. The number of rotatable bonds is 3. The minimum atomic E-state index is -0.594. The van der Waals surface area contributed by atoms with Gasteiger partial charge in [0.2, 0.25) is 0 Å². The van der Waals surface area contributed by atoms with Gasteiger partial charge in [-0.2, -0.15) is 0 Å². The predicted octanol–water partition coefficient (Wildman–Crippen LogP) is 1.57. The summed E-state index contributed by atoms with van der Waals surface area (Å²) < 4.78 is 0. The Bertz CT molecular complexity index is 651. The van der Waals surface area contributed by atoms with E-state index < -0.39 is 6.10 Å². The summed E-state index contributed by atoms with van der Waals surface area (Å²) in [6.07, 6.45) is -0.0343. The van der Waals surface area contributed by atoms with Gasteiger partial charge < -0.3 is 15.5 Å². The average molecular weight is 283 g/mol. The third-order valence-electron chi connectivity index (χ3n) is 3.89. The number of nitrogens with one attached hydrogen (secondary N) is 1. The summed E-state index contributed by atoms with van der Waals surface area (Å²) in [4.78, 5) is 12.3. The van der Waals surface area contributed by atoms with E-state index in [2.05, 4.69) is 5.32 Å². The van der Waals surface area contributed by atoms with E-state index in [4.69, 9.17) is 5.11 Å². The van der Waals surface area contributed by atoms with Gasteiger partial charge in [0.25, 0.3) is 5.91 Å². The first-order valence-corrected chi connectivity index (χ1v) is 6.95. The van der Waals surface area contributed by atoms with Crippen molar-refractivity contribution < 1.29 is 15.0 Å². The molecule has 0 aromatic heterocycles. The fourth-order valence-electron chi connectivity index (χ4n) is 2.73. The number of aliphatic hydroxyl groups excluding tert-OH is 2. The third-order valence-corrected chi connectivity index (χ3v) is 3.89. The van der Waals surface area contributed by atoms with Gasteiger partial charge in [0.1, 0.15) is 0 Å². The lowest BCUT2D eigenvalue weighted by atomic mass is 10.1. The standard InChI is InChI=1S/C17H17NO3/c19-10-11-5-7-12(8-6-11)17(21)18-16-14-4-2-1-3-13(14)9-15(16)20/h1-8,15-16,19-20H,9-10H2,(H,18,21)/t15-,16+/m1/s1. The maximum Gasteiger partial charge on any atom is 0.251 e. The Morgan fingerprint density at radius 1 is 1.14 bits per heavy atom. The molecule has 0 saturated carbocycles. The highest BCUT2D eigenvalue weighted by molar-refractivity contribution is 5.94. The van der Waals surface area contributed by atoms with Gasteiger partial charge in [-0.1, -0.05) is 36.4 Å². The van der Waals surface area contributed by atoms with Gasteiger partial charge in [0, 0.05) is 12.0 Å². The van der Waals surface area contributed by atoms with Crippen molar-refractivity contribution in [2.45, 2.75) is 25.2 Å². The summed E-state index contributed by atoms with van der Waals surface area (Å²) in [5.41, 5.74) is 3.33. The van der Waals surface area contributed by atoms with E-state index in [0.29, 0.717) is 12.0 Å². The molecule has 4 nitrogen and oxygen atoms in total. The number of carbonyl (C=O) groups excluding carboxylic acids is 1. The van der Waals surface area contributed by atoms with Crippen LogP contribution < -0.4 is 5.32 Å². The second-order valence-corrected chi connectivity index (χ2v) is 5.28. The van der Waals surface area contributed by atoms with Crippen molar-refractivity contribution >= 4 is 5.91 Å². The van der Waals surface area contributed by atoms with Crippen LogP contribution in [0, 0.1) is 0 Å². The number of hydrogen-bond acceptors (Lipinski definition) is 3. The second kappa shape index (κ2) is 5.68. The predicted molar refractivity (Wildman–Crippen MR) is 78.7 cm³/mol. The second-order valence-electron chi connectivity index (χ2n) is 5.28. The van der Waals surface area contributed by atoms with Crippen LogP contribution in [0.2, 0.25) is 0 Å². The van der Waals surface area contributed by atoms with Gasteiger partial charge >= 0.3 is 0 Å². The minimum Gasteiger partial charge on any atom is -0.392 e. The summed E-state index contributed by atoms with van der Waals surface area (Å²) >= 11 is 0. The van der Waals surface area contributed by atoms with Crippen LogP contribution in [0.3, 0.4) is 0 Å². The lowest BCUT2D eigenvalue weighted by molar-refractivity contribution is 0.0858. The quantitative estimate of drug-likeness (QED) is 0.801. The van der Waals surface area contributed by atoms with E-state index in [0.717, 1.165) is 16.7 Å². The number of aliphatic hydroxyl groups is 2.